The van der Waals surface area contributed by atoms with Crippen molar-refractivity contribution in [1.82, 2.24) is 5.32 Å². The molecule has 2 rings (SSSR count). The Kier molecular flexibility index (Phi) is 4.46. The summed E-state index contributed by atoms with van der Waals surface area (Å²) in [5.41, 5.74) is 1.49. The molecule has 0 radical (unpaired) electrons. The number of amides is 1. The van der Waals surface area contributed by atoms with Crippen LogP contribution in [0.2, 0.25) is 0 Å². The molecule has 2 N–H and O–H groups in total. The van der Waals surface area contributed by atoms with Crippen molar-refractivity contribution in [2.24, 2.45) is 5.41 Å². The standard InChI is InChI=1S/C17H21NO3/c1-12(2)14-6-3-13(4-7-14)5-8-15(19)18-11-17(9-10-17)16(20)21/h3-8,12H,9-11H2,1-2H3,(H,18,19)(H,20,21)/b8-5+. The van der Waals surface area contributed by atoms with Crippen LogP contribution in [-0.4, -0.2) is 23.5 Å². The molecular formula is C17H21NO3. The van der Waals surface area contributed by atoms with Crippen LogP contribution in [0.25, 0.3) is 6.08 Å². The Bertz CT molecular complexity index is 554. The van der Waals surface area contributed by atoms with Gasteiger partial charge in [-0.3, -0.25) is 9.59 Å². The molecular weight excluding hydrogens is 266 g/mol. The average Bonchev–Trinajstić information content (AvgIpc) is 3.24. The van der Waals surface area contributed by atoms with Crippen molar-refractivity contribution < 1.29 is 14.7 Å². The third kappa shape index (κ3) is 3.94. The van der Waals surface area contributed by atoms with Crippen LogP contribution >= 0.6 is 0 Å². The maximum Gasteiger partial charge on any atom is 0.311 e. The normalized spacial score (nSPS) is 16.1. The molecule has 4 nitrogen and oxygen atoms in total. The Morgan fingerprint density at radius 1 is 1.29 bits per heavy atom. The predicted molar refractivity (Wildman–Crippen MR) is 81.9 cm³/mol. The Hall–Kier alpha value is -2.10. The molecule has 0 aromatic heterocycles. The first-order valence-corrected chi connectivity index (χ1v) is 7.22. The van der Waals surface area contributed by atoms with Gasteiger partial charge in [-0.2, -0.15) is 0 Å². The summed E-state index contributed by atoms with van der Waals surface area (Å²) in [7, 11) is 0. The number of carbonyl (C=O) groups is 2. The van der Waals surface area contributed by atoms with Crippen LogP contribution in [0.5, 0.6) is 0 Å². The summed E-state index contributed by atoms with van der Waals surface area (Å²) in [6.45, 7) is 4.47. The molecule has 1 aromatic rings. The van der Waals surface area contributed by atoms with Crippen LogP contribution in [-0.2, 0) is 9.59 Å². The highest BCUT2D eigenvalue weighted by Crippen LogP contribution is 2.45. The van der Waals surface area contributed by atoms with Crippen LogP contribution in [0.1, 0.15) is 43.7 Å². The fourth-order valence-corrected chi connectivity index (χ4v) is 2.10. The number of hydrogen-bond acceptors (Lipinski definition) is 2. The second-order valence-electron chi connectivity index (χ2n) is 5.96. The lowest BCUT2D eigenvalue weighted by atomic mass is 10.0. The summed E-state index contributed by atoms with van der Waals surface area (Å²) < 4.78 is 0. The lowest BCUT2D eigenvalue weighted by Gasteiger charge is -2.09. The van der Waals surface area contributed by atoms with E-state index in [0.29, 0.717) is 18.8 Å². The number of rotatable bonds is 6. The van der Waals surface area contributed by atoms with Crippen molar-refractivity contribution in [2.75, 3.05) is 6.54 Å². The summed E-state index contributed by atoms with van der Waals surface area (Å²) in [6, 6.07) is 8.04. The zero-order valence-electron chi connectivity index (χ0n) is 12.4. The van der Waals surface area contributed by atoms with E-state index in [0.717, 1.165) is 5.56 Å². The Balaban J connectivity index is 1.86. The first kappa shape index (κ1) is 15.3. The van der Waals surface area contributed by atoms with Gasteiger partial charge in [0.15, 0.2) is 0 Å². The fraction of sp³-hybridized carbons (Fsp3) is 0.412. The highest BCUT2D eigenvalue weighted by Gasteiger charge is 2.50. The molecule has 0 saturated heterocycles. The van der Waals surface area contributed by atoms with Gasteiger partial charge >= 0.3 is 5.97 Å². The summed E-state index contributed by atoms with van der Waals surface area (Å²) >= 11 is 0. The Morgan fingerprint density at radius 3 is 2.38 bits per heavy atom. The second kappa shape index (κ2) is 6.12. The molecule has 0 heterocycles. The minimum Gasteiger partial charge on any atom is -0.481 e. The molecule has 1 aliphatic carbocycles. The van der Waals surface area contributed by atoms with E-state index in [1.165, 1.54) is 11.6 Å². The molecule has 112 valence electrons. The van der Waals surface area contributed by atoms with Crippen molar-refractivity contribution in [3.05, 3.63) is 41.5 Å². The van der Waals surface area contributed by atoms with E-state index in [2.05, 4.69) is 19.2 Å². The van der Waals surface area contributed by atoms with Crippen LogP contribution in [0.3, 0.4) is 0 Å². The summed E-state index contributed by atoms with van der Waals surface area (Å²) in [5, 5.41) is 11.7. The van der Waals surface area contributed by atoms with E-state index < -0.39 is 11.4 Å². The van der Waals surface area contributed by atoms with Gasteiger partial charge < -0.3 is 10.4 Å². The molecule has 1 aliphatic rings. The molecule has 0 spiro atoms. The van der Waals surface area contributed by atoms with Gasteiger partial charge in [-0.05, 0) is 36.0 Å². The zero-order valence-corrected chi connectivity index (χ0v) is 12.4. The molecule has 4 heteroatoms. The van der Waals surface area contributed by atoms with Gasteiger partial charge in [-0.25, -0.2) is 0 Å². The van der Waals surface area contributed by atoms with E-state index in [9.17, 15) is 9.59 Å². The molecule has 1 amide bonds. The second-order valence-corrected chi connectivity index (χ2v) is 5.96. The first-order valence-electron chi connectivity index (χ1n) is 7.22. The quantitative estimate of drug-likeness (QED) is 0.791. The topological polar surface area (TPSA) is 66.4 Å². The molecule has 21 heavy (non-hydrogen) atoms. The van der Waals surface area contributed by atoms with Crippen LogP contribution in [0.15, 0.2) is 30.3 Å². The number of aliphatic carboxylic acids is 1. The molecule has 0 bridgehead atoms. The van der Waals surface area contributed by atoms with E-state index in [1.54, 1.807) is 6.08 Å². The lowest BCUT2D eigenvalue weighted by molar-refractivity contribution is -0.143. The van der Waals surface area contributed by atoms with E-state index >= 15 is 0 Å². The average molecular weight is 287 g/mol. The molecule has 1 fully saturated rings. The minimum absolute atomic E-state index is 0.206. The predicted octanol–water partition coefficient (Wildman–Crippen LogP) is 2.80. The summed E-state index contributed by atoms with van der Waals surface area (Å²) in [6.07, 6.45) is 4.47. The smallest absolute Gasteiger partial charge is 0.311 e. The number of carboxylic acid groups (broad SMARTS) is 1. The van der Waals surface area contributed by atoms with Gasteiger partial charge in [-0.1, -0.05) is 38.1 Å². The SMILES string of the molecule is CC(C)c1ccc(/C=C/C(=O)NCC2(C(=O)O)CC2)cc1. The number of carboxylic acids is 1. The first-order chi connectivity index (χ1) is 9.93. The molecule has 0 atom stereocenters. The van der Waals surface area contributed by atoms with E-state index in [4.69, 9.17) is 5.11 Å². The summed E-state index contributed by atoms with van der Waals surface area (Å²) in [4.78, 5) is 22.7. The Labute approximate surface area is 124 Å². The summed E-state index contributed by atoms with van der Waals surface area (Å²) in [5.74, 6) is -0.594. The van der Waals surface area contributed by atoms with Crippen LogP contribution in [0.4, 0.5) is 0 Å². The van der Waals surface area contributed by atoms with Crippen molar-refractivity contribution >= 4 is 18.0 Å². The maximum absolute atomic E-state index is 11.7. The number of nitrogens with one attached hydrogen (secondary N) is 1. The number of hydrogen-bond donors (Lipinski definition) is 2. The van der Waals surface area contributed by atoms with Crippen molar-refractivity contribution in [1.29, 1.82) is 0 Å². The van der Waals surface area contributed by atoms with Crippen molar-refractivity contribution in [3.8, 4) is 0 Å². The third-order valence-electron chi connectivity index (χ3n) is 3.94. The largest absolute Gasteiger partial charge is 0.481 e. The van der Waals surface area contributed by atoms with Crippen molar-refractivity contribution in [2.45, 2.75) is 32.6 Å². The van der Waals surface area contributed by atoms with Gasteiger partial charge in [0.1, 0.15) is 0 Å². The number of carbonyl (C=O) groups excluding carboxylic acids is 1. The molecule has 0 unspecified atom stereocenters. The number of benzene rings is 1. The van der Waals surface area contributed by atoms with Crippen molar-refractivity contribution in [3.63, 3.8) is 0 Å². The highest BCUT2D eigenvalue weighted by atomic mass is 16.4. The maximum atomic E-state index is 11.7. The van der Waals surface area contributed by atoms with Gasteiger partial charge in [0.2, 0.25) is 5.91 Å². The van der Waals surface area contributed by atoms with Gasteiger partial charge in [0.25, 0.3) is 0 Å². The third-order valence-corrected chi connectivity index (χ3v) is 3.94. The van der Waals surface area contributed by atoms with E-state index in [-0.39, 0.29) is 12.5 Å². The van der Waals surface area contributed by atoms with Crippen LogP contribution < -0.4 is 5.32 Å². The van der Waals surface area contributed by atoms with Gasteiger partial charge in [0, 0.05) is 12.6 Å². The molecule has 1 aromatic carbocycles. The monoisotopic (exact) mass is 287 g/mol. The molecule has 0 aliphatic heterocycles. The van der Waals surface area contributed by atoms with E-state index in [1.807, 2.05) is 24.3 Å². The highest BCUT2D eigenvalue weighted by molar-refractivity contribution is 5.92. The minimum atomic E-state index is -0.823. The lowest BCUT2D eigenvalue weighted by Crippen LogP contribution is -2.33. The zero-order chi connectivity index (χ0) is 15.5. The Morgan fingerprint density at radius 2 is 1.90 bits per heavy atom. The molecule has 1 saturated carbocycles. The van der Waals surface area contributed by atoms with Gasteiger partial charge in [-0.15, -0.1) is 0 Å². The van der Waals surface area contributed by atoms with Gasteiger partial charge in [0.05, 0.1) is 5.41 Å². The van der Waals surface area contributed by atoms with Crippen LogP contribution in [0, 0.1) is 5.41 Å². The fourth-order valence-electron chi connectivity index (χ4n) is 2.10.